The van der Waals surface area contributed by atoms with Crippen molar-refractivity contribution in [3.63, 3.8) is 0 Å². The zero-order chi connectivity index (χ0) is 5.86. The van der Waals surface area contributed by atoms with Gasteiger partial charge in [0.25, 0.3) is 0 Å². The maximum atomic E-state index is 9.21. The minimum Gasteiger partial charge on any atom is -0.449 e. The molecule has 2 N–H and O–H groups in total. The van der Waals surface area contributed by atoms with E-state index in [1.165, 1.54) is 0 Å². The Hall–Kier alpha value is -0.717. The summed E-state index contributed by atoms with van der Waals surface area (Å²) in [4.78, 5) is 18.4. The van der Waals surface area contributed by atoms with Crippen molar-refractivity contribution in [1.29, 1.82) is 0 Å². The molecule has 0 rings (SSSR count). The Balaban J connectivity index is 0. The smallest absolute Gasteiger partial charge is 0.449 e. The Labute approximate surface area is 55.2 Å². The van der Waals surface area contributed by atoms with Crippen molar-refractivity contribution >= 4 is 29.9 Å². The van der Waals surface area contributed by atoms with E-state index in [4.69, 9.17) is 10.2 Å². The summed E-state index contributed by atoms with van der Waals surface area (Å²) in [6, 6.07) is 0. The zero-order valence-corrected chi connectivity index (χ0v) is 5.72. The van der Waals surface area contributed by atoms with Crippen molar-refractivity contribution in [1.82, 2.24) is 0 Å². The minimum atomic E-state index is -1.81. The summed E-state index contributed by atoms with van der Waals surface area (Å²) >= 11 is 0. The summed E-state index contributed by atoms with van der Waals surface area (Å²) in [5.74, 6) is 0. The Morgan fingerprint density at radius 1 is 1.12 bits per heavy atom. The van der Waals surface area contributed by atoms with Gasteiger partial charge in [0.15, 0.2) is 0 Å². The van der Waals surface area contributed by atoms with E-state index in [9.17, 15) is 9.59 Å². The molecule has 6 heteroatoms. The fourth-order valence-corrected chi connectivity index (χ4v) is 0.0747. The molecule has 0 aliphatic rings. The molecule has 0 aliphatic heterocycles. The number of carbonyl (C=O) groups is 2. The van der Waals surface area contributed by atoms with Gasteiger partial charge in [-0.1, -0.05) is 0 Å². The van der Waals surface area contributed by atoms with Crippen LogP contribution in [0.4, 0.5) is 9.59 Å². The molecule has 0 spiro atoms. The van der Waals surface area contributed by atoms with E-state index in [1.54, 1.807) is 0 Å². The van der Waals surface area contributed by atoms with Crippen LogP contribution in [-0.4, -0.2) is 40.1 Å². The average molecular weight is 179 g/mol. The first-order chi connectivity index (χ1) is 3.13. The molecule has 8 heavy (non-hydrogen) atoms. The zero-order valence-electron chi connectivity index (χ0n) is 3.62. The normalized spacial score (nSPS) is 6.50. The first-order valence-corrected chi connectivity index (χ1v) is 1.26. The summed E-state index contributed by atoms with van der Waals surface area (Å²) in [5.41, 5.74) is 0. The average Bonchev–Trinajstić information content (AvgIpc) is 1.27. The Bertz CT molecular complexity index is 86.6. The molecule has 0 heterocycles. The molecule has 0 amide bonds. The van der Waals surface area contributed by atoms with Gasteiger partial charge >= 0.3 is 12.3 Å². The van der Waals surface area contributed by atoms with Gasteiger partial charge in [0.1, 0.15) is 0 Å². The van der Waals surface area contributed by atoms with Crippen LogP contribution in [0.3, 0.4) is 0 Å². The first kappa shape index (κ1) is 10.3. The molecule has 0 aliphatic carbocycles. The second-order valence-electron chi connectivity index (χ2n) is 0.634. The molecule has 0 bridgehead atoms. The Kier molecular flexibility index (Phi) is 5.72. The van der Waals surface area contributed by atoms with Crippen LogP contribution in [0.2, 0.25) is 0 Å². The fraction of sp³-hybridized carbons (Fsp3) is 0. The van der Waals surface area contributed by atoms with Crippen LogP contribution in [0.1, 0.15) is 0 Å². The summed E-state index contributed by atoms with van der Waals surface area (Å²) in [5, 5.41) is 15.0. The van der Waals surface area contributed by atoms with E-state index in [0.717, 1.165) is 0 Å². The summed E-state index contributed by atoms with van der Waals surface area (Å²) in [6.07, 6.45) is -3.62. The van der Waals surface area contributed by atoms with Crippen molar-refractivity contribution < 1.29 is 24.5 Å². The summed E-state index contributed by atoms with van der Waals surface area (Å²) < 4.78 is 3.08. The van der Waals surface area contributed by atoms with E-state index < -0.39 is 12.3 Å². The van der Waals surface area contributed by atoms with Crippen molar-refractivity contribution in [3.05, 3.63) is 0 Å². The third-order valence-electron chi connectivity index (χ3n) is 0.175. The molecule has 0 fully saturated rings. The van der Waals surface area contributed by atoms with Crippen LogP contribution in [0, 0.1) is 0 Å². The monoisotopic (exact) mass is 180 g/mol. The van der Waals surface area contributed by atoms with Gasteiger partial charge in [0.2, 0.25) is 0 Å². The van der Waals surface area contributed by atoms with Crippen LogP contribution in [0.15, 0.2) is 0 Å². The summed E-state index contributed by atoms with van der Waals surface area (Å²) in [7, 11) is 0. The van der Waals surface area contributed by atoms with Crippen molar-refractivity contribution in [3.8, 4) is 0 Å². The van der Waals surface area contributed by atoms with Crippen LogP contribution < -0.4 is 0 Å². The topological polar surface area (TPSA) is 83.8 Å². The molecule has 4 radical (unpaired) electrons. The third-order valence-corrected chi connectivity index (χ3v) is 0.175. The molecule has 5 nitrogen and oxygen atoms in total. The molecule has 0 atom stereocenters. The van der Waals surface area contributed by atoms with Gasteiger partial charge < -0.3 is 14.9 Å². The second-order valence-corrected chi connectivity index (χ2v) is 0.634. The van der Waals surface area contributed by atoms with E-state index in [0.29, 0.717) is 0 Å². The quantitative estimate of drug-likeness (QED) is 0.309. The van der Waals surface area contributed by atoms with Gasteiger partial charge in [0.05, 0.1) is 0 Å². The number of hydrogen-bond donors (Lipinski definition) is 2. The molecular weight excluding hydrogens is 177 g/mol. The van der Waals surface area contributed by atoms with Crippen molar-refractivity contribution in [2.24, 2.45) is 0 Å². The van der Waals surface area contributed by atoms with Crippen LogP contribution in [-0.2, 0) is 4.74 Å². The van der Waals surface area contributed by atoms with Gasteiger partial charge in [-0.2, -0.15) is 0 Å². The summed E-state index contributed by atoms with van der Waals surface area (Å²) in [6.45, 7) is 0. The minimum absolute atomic E-state index is 0. The van der Waals surface area contributed by atoms with E-state index >= 15 is 0 Å². The molecule has 0 aromatic rings. The van der Waals surface area contributed by atoms with Crippen molar-refractivity contribution in [2.45, 2.75) is 0 Å². The van der Waals surface area contributed by atoms with E-state index in [2.05, 4.69) is 4.74 Å². The van der Waals surface area contributed by atoms with Gasteiger partial charge in [-0.15, -0.1) is 0 Å². The van der Waals surface area contributed by atoms with E-state index in [1.807, 2.05) is 0 Å². The Morgan fingerprint density at radius 3 is 1.38 bits per heavy atom. The van der Waals surface area contributed by atoms with Gasteiger partial charge in [-0.25, -0.2) is 9.59 Å². The van der Waals surface area contributed by atoms with Gasteiger partial charge in [0, 0.05) is 17.6 Å². The van der Waals surface area contributed by atoms with Crippen LogP contribution in [0.25, 0.3) is 0 Å². The van der Waals surface area contributed by atoms with Gasteiger partial charge in [-0.05, 0) is 0 Å². The van der Waals surface area contributed by atoms with Crippen LogP contribution in [0.5, 0.6) is 0 Å². The maximum absolute atomic E-state index is 9.21. The molecule has 0 unspecified atom stereocenters. The van der Waals surface area contributed by atoms with Gasteiger partial charge in [-0.3, -0.25) is 0 Å². The molecule has 0 saturated carbocycles. The van der Waals surface area contributed by atoms with E-state index in [-0.39, 0.29) is 17.6 Å². The molecule has 0 saturated heterocycles. The first-order valence-electron chi connectivity index (χ1n) is 1.26. The number of carboxylic acid groups (broad SMARTS) is 2. The number of rotatable bonds is 0. The number of ether oxygens (including phenoxy) is 1. The molecule has 0 aromatic carbocycles. The fourth-order valence-electron chi connectivity index (χ4n) is 0.0747. The largest absolute Gasteiger partial charge is 0.516 e. The Morgan fingerprint density at radius 2 is 1.38 bits per heavy atom. The molecular formula is C2H2GeO5. The standard InChI is InChI=1S/C2H2O5.Ge/c3-1(4)7-2(5)6;/h(H,3,4)(H,5,6);. The van der Waals surface area contributed by atoms with Crippen LogP contribution >= 0.6 is 0 Å². The SMILES string of the molecule is O=C(O)OC(=O)O.[Ge]. The third kappa shape index (κ3) is 8.99. The predicted molar refractivity (Wildman–Crippen MR) is 22.9 cm³/mol. The predicted octanol–water partition coefficient (Wildman–Crippen LogP) is -0.0218. The second kappa shape index (κ2) is 4.44. The number of hydrogen-bond acceptors (Lipinski definition) is 3. The maximum Gasteiger partial charge on any atom is 0.516 e. The molecule has 44 valence electrons. The van der Waals surface area contributed by atoms with Crippen molar-refractivity contribution in [2.75, 3.05) is 0 Å². The molecule has 0 aromatic heterocycles.